The molecule has 1 fully saturated rings. The Kier molecular flexibility index (Phi) is 4.70. The first-order chi connectivity index (χ1) is 11.2. The van der Waals surface area contributed by atoms with Crippen LogP contribution in [0.25, 0.3) is 0 Å². The fourth-order valence-corrected chi connectivity index (χ4v) is 2.92. The van der Waals surface area contributed by atoms with Crippen molar-refractivity contribution >= 4 is 11.6 Å². The summed E-state index contributed by atoms with van der Waals surface area (Å²) in [6.07, 6.45) is 1.44. The molecule has 0 spiro atoms. The first kappa shape index (κ1) is 15.3. The van der Waals surface area contributed by atoms with Crippen LogP contribution in [0.5, 0.6) is 0 Å². The molecule has 23 heavy (non-hydrogen) atoms. The molecule has 4 heteroatoms. The molecular formula is C19H19N3O. The van der Waals surface area contributed by atoms with Gasteiger partial charge in [-0.05, 0) is 54.3 Å². The summed E-state index contributed by atoms with van der Waals surface area (Å²) in [5.74, 6) is 0.504. The van der Waals surface area contributed by atoms with Gasteiger partial charge in [0.25, 0.3) is 0 Å². The van der Waals surface area contributed by atoms with Crippen LogP contribution in [0, 0.1) is 11.3 Å². The van der Waals surface area contributed by atoms with E-state index in [-0.39, 0.29) is 12.3 Å². The summed E-state index contributed by atoms with van der Waals surface area (Å²) in [5.41, 5.74) is 3.54. The van der Waals surface area contributed by atoms with Crippen LogP contribution in [0.1, 0.15) is 29.0 Å². The van der Waals surface area contributed by atoms with Crippen LogP contribution < -0.4 is 10.6 Å². The normalized spacial score (nSPS) is 16.7. The Morgan fingerprint density at radius 3 is 2.78 bits per heavy atom. The standard InChI is InChI=1S/C19H19N3O/c20-12-15-3-1-2-14(10-15)11-19(23)22-18-6-4-16(5-7-18)17-8-9-21-13-17/h1-7,10,17,21H,8-9,11,13H2,(H,22,23). The second-order valence-electron chi connectivity index (χ2n) is 5.85. The van der Waals surface area contributed by atoms with Crippen molar-refractivity contribution in [3.05, 3.63) is 65.2 Å². The molecule has 1 atom stereocenters. The zero-order valence-corrected chi connectivity index (χ0v) is 12.9. The Bertz CT molecular complexity index is 725. The van der Waals surface area contributed by atoms with Crippen LogP contribution in [-0.4, -0.2) is 19.0 Å². The van der Waals surface area contributed by atoms with Crippen LogP contribution in [0.15, 0.2) is 48.5 Å². The lowest BCUT2D eigenvalue weighted by atomic mass is 9.98. The van der Waals surface area contributed by atoms with Gasteiger partial charge in [-0.1, -0.05) is 24.3 Å². The molecule has 1 heterocycles. The molecule has 4 nitrogen and oxygen atoms in total. The van der Waals surface area contributed by atoms with E-state index in [2.05, 4.69) is 28.8 Å². The topological polar surface area (TPSA) is 64.9 Å². The highest BCUT2D eigenvalue weighted by Gasteiger charge is 2.16. The third kappa shape index (κ3) is 3.97. The Labute approximate surface area is 136 Å². The SMILES string of the molecule is N#Cc1cccc(CC(=O)Nc2ccc(C3CCNC3)cc2)c1. The van der Waals surface area contributed by atoms with E-state index in [0.717, 1.165) is 24.3 Å². The lowest BCUT2D eigenvalue weighted by molar-refractivity contribution is -0.115. The molecule has 0 bridgehead atoms. The smallest absolute Gasteiger partial charge is 0.228 e. The van der Waals surface area contributed by atoms with Gasteiger partial charge in [-0.2, -0.15) is 5.26 Å². The van der Waals surface area contributed by atoms with Crippen molar-refractivity contribution in [2.24, 2.45) is 0 Å². The number of amides is 1. The molecule has 116 valence electrons. The number of benzene rings is 2. The molecule has 0 radical (unpaired) electrons. The van der Waals surface area contributed by atoms with E-state index in [9.17, 15) is 4.79 Å². The molecule has 2 aromatic rings. The molecule has 0 aromatic heterocycles. The van der Waals surface area contributed by atoms with Gasteiger partial charge < -0.3 is 10.6 Å². The largest absolute Gasteiger partial charge is 0.326 e. The quantitative estimate of drug-likeness (QED) is 0.913. The molecular weight excluding hydrogens is 286 g/mol. The van der Waals surface area contributed by atoms with Crippen molar-refractivity contribution in [2.45, 2.75) is 18.8 Å². The molecule has 1 saturated heterocycles. The molecule has 1 unspecified atom stereocenters. The molecule has 2 N–H and O–H groups in total. The first-order valence-corrected chi connectivity index (χ1v) is 7.84. The van der Waals surface area contributed by atoms with Crippen molar-refractivity contribution in [1.29, 1.82) is 5.26 Å². The van der Waals surface area contributed by atoms with E-state index in [1.54, 1.807) is 18.2 Å². The maximum atomic E-state index is 12.1. The molecule has 1 aliphatic rings. The van der Waals surface area contributed by atoms with Gasteiger partial charge in [0.15, 0.2) is 0 Å². The highest BCUT2D eigenvalue weighted by Crippen LogP contribution is 2.23. The Hall–Kier alpha value is -2.64. The van der Waals surface area contributed by atoms with Crippen molar-refractivity contribution < 1.29 is 4.79 Å². The minimum Gasteiger partial charge on any atom is -0.326 e. The van der Waals surface area contributed by atoms with Gasteiger partial charge in [0, 0.05) is 12.2 Å². The van der Waals surface area contributed by atoms with Gasteiger partial charge in [-0.3, -0.25) is 4.79 Å². The van der Waals surface area contributed by atoms with Crippen molar-refractivity contribution in [2.75, 3.05) is 18.4 Å². The molecule has 0 saturated carbocycles. The summed E-state index contributed by atoms with van der Waals surface area (Å²) in [4.78, 5) is 12.1. The van der Waals surface area contributed by atoms with Crippen molar-refractivity contribution in [1.82, 2.24) is 5.32 Å². The van der Waals surface area contributed by atoms with E-state index in [4.69, 9.17) is 5.26 Å². The van der Waals surface area contributed by atoms with Gasteiger partial charge >= 0.3 is 0 Å². The Balaban J connectivity index is 1.60. The predicted molar refractivity (Wildman–Crippen MR) is 90.2 cm³/mol. The average Bonchev–Trinajstić information content (AvgIpc) is 3.10. The highest BCUT2D eigenvalue weighted by molar-refractivity contribution is 5.92. The van der Waals surface area contributed by atoms with E-state index < -0.39 is 0 Å². The molecule has 1 amide bonds. The Morgan fingerprint density at radius 2 is 2.09 bits per heavy atom. The van der Waals surface area contributed by atoms with Gasteiger partial charge in [-0.25, -0.2) is 0 Å². The van der Waals surface area contributed by atoms with Crippen LogP contribution >= 0.6 is 0 Å². The average molecular weight is 305 g/mol. The summed E-state index contributed by atoms with van der Waals surface area (Å²) in [6.45, 7) is 2.10. The number of hydrogen-bond donors (Lipinski definition) is 2. The zero-order valence-electron chi connectivity index (χ0n) is 12.9. The van der Waals surface area contributed by atoms with Gasteiger partial charge in [0.05, 0.1) is 18.1 Å². The third-order valence-electron chi connectivity index (χ3n) is 4.15. The minimum atomic E-state index is -0.0737. The number of anilines is 1. The lowest BCUT2D eigenvalue weighted by Gasteiger charge is -2.10. The van der Waals surface area contributed by atoms with E-state index in [1.165, 1.54) is 12.0 Å². The van der Waals surface area contributed by atoms with Gasteiger partial charge in [-0.15, -0.1) is 0 Å². The maximum absolute atomic E-state index is 12.1. The zero-order chi connectivity index (χ0) is 16.1. The molecule has 3 rings (SSSR count). The van der Waals surface area contributed by atoms with Crippen LogP contribution in [0.2, 0.25) is 0 Å². The molecule has 1 aliphatic heterocycles. The summed E-state index contributed by atoms with van der Waals surface area (Å²) in [5, 5.41) is 15.2. The van der Waals surface area contributed by atoms with Crippen LogP contribution in [0.4, 0.5) is 5.69 Å². The number of nitriles is 1. The monoisotopic (exact) mass is 305 g/mol. The minimum absolute atomic E-state index is 0.0737. The summed E-state index contributed by atoms with van der Waals surface area (Å²) in [7, 11) is 0. The fourth-order valence-electron chi connectivity index (χ4n) is 2.92. The van der Waals surface area contributed by atoms with Crippen LogP contribution in [-0.2, 0) is 11.2 Å². The number of carbonyl (C=O) groups is 1. The maximum Gasteiger partial charge on any atom is 0.228 e. The van der Waals surface area contributed by atoms with E-state index >= 15 is 0 Å². The number of nitrogens with one attached hydrogen (secondary N) is 2. The van der Waals surface area contributed by atoms with Gasteiger partial charge in [0.1, 0.15) is 0 Å². The molecule has 2 aromatic carbocycles. The number of carbonyl (C=O) groups excluding carboxylic acids is 1. The highest BCUT2D eigenvalue weighted by atomic mass is 16.1. The number of rotatable bonds is 4. The second-order valence-corrected chi connectivity index (χ2v) is 5.85. The number of hydrogen-bond acceptors (Lipinski definition) is 3. The lowest BCUT2D eigenvalue weighted by Crippen LogP contribution is -2.14. The van der Waals surface area contributed by atoms with Crippen molar-refractivity contribution in [3.63, 3.8) is 0 Å². The summed E-state index contributed by atoms with van der Waals surface area (Å²) >= 11 is 0. The summed E-state index contributed by atoms with van der Waals surface area (Å²) in [6, 6.07) is 17.3. The van der Waals surface area contributed by atoms with E-state index in [0.29, 0.717) is 11.5 Å². The third-order valence-corrected chi connectivity index (χ3v) is 4.15. The predicted octanol–water partition coefficient (Wildman–Crippen LogP) is 2.82. The van der Waals surface area contributed by atoms with E-state index in [1.807, 2.05) is 18.2 Å². The first-order valence-electron chi connectivity index (χ1n) is 7.84. The van der Waals surface area contributed by atoms with Crippen molar-refractivity contribution in [3.8, 4) is 6.07 Å². The summed E-state index contributed by atoms with van der Waals surface area (Å²) < 4.78 is 0. The Morgan fingerprint density at radius 1 is 1.26 bits per heavy atom. The van der Waals surface area contributed by atoms with Crippen LogP contribution in [0.3, 0.4) is 0 Å². The molecule has 0 aliphatic carbocycles. The fraction of sp³-hybridized carbons (Fsp3) is 0.263. The second kappa shape index (κ2) is 7.08. The number of nitrogens with zero attached hydrogens (tertiary/aromatic N) is 1. The van der Waals surface area contributed by atoms with Gasteiger partial charge in [0.2, 0.25) is 5.91 Å².